The molecule has 2 heterocycles. The Hall–Kier alpha value is -2.09. The van der Waals surface area contributed by atoms with E-state index in [0.717, 1.165) is 0 Å². The maximum atomic E-state index is 12.1. The molecule has 0 aliphatic rings. The predicted octanol–water partition coefficient (Wildman–Crippen LogP) is 1.22. The van der Waals surface area contributed by atoms with Crippen molar-refractivity contribution in [2.45, 2.75) is 11.8 Å². The lowest BCUT2D eigenvalue weighted by Crippen LogP contribution is -2.15. The highest BCUT2D eigenvalue weighted by Gasteiger charge is 2.20. The number of nitrogens with one attached hydrogen (secondary N) is 2. The molecule has 2 rings (SSSR count). The molecule has 96 valence electrons. The molecule has 0 bridgehead atoms. The molecule has 2 aromatic heterocycles. The van der Waals surface area contributed by atoms with Crippen LogP contribution < -0.4 is 10.0 Å². The maximum Gasteiger partial charge on any atom is 0.266 e. The Morgan fingerprint density at radius 3 is 2.78 bits per heavy atom. The van der Waals surface area contributed by atoms with E-state index in [1.165, 1.54) is 18.3 Å². The van der Waals surface area contributed by atoms with Gasteiger partial charge in [-0.3, -0.25) is 4.72 Å². The Labute approximate surface area is 104 Å². The number of anilines is 2. The second kappa shape index (κ2) is 4.65. The summed E-state index contributed by atoms with van der Waals surface area (Å²) in [5, 5.41) is 6.29. The average molecular weight is 268 g/mol. The van der Waals surface area contributed by atoms with Gasteiger partial charge in [0.25, 0.3) is 10.0 Å². The molecular formula is C10H12N4O3S. The minimum atomic E-state index is -3.74. The lowest BCUT2D eigenvalue weighted by Gasteiger charge is -2.08. The number of rotatable bonds is 4. The van der Waals surface area contributed by atoms with Gasteiger partial charge < -0.3 is 9.84 Å². The van der Waals surface area contributed by atoms with Crippen LogP contribution in [0.2, 0.25) is 0 Å². The van der Waals surface area contributed by atoms with Crippen LogP contribution >= 0.6 is 0 Å². The second-order valence-electron chi connectivity index (χ2n) is 3.53. The molecule has 0 saturated heterocycles. The highest BCUT2D eigenvalue weighted by molar-refractivity contribution is 7.92. The first-order valence-electron chi connectivity index (χ1n) is 5.12. The fourth-order valence-electron chi connectivity index (χ4n) is 1.40. The van der Waals surface area contributed by atoms with Gasteiger partial charge in [0.15, 0.2) is 5.82 Å². The van der Waals surface area contributed by atoms with Crippen molar-refractivity contribution < 1.29 is 12.9 Å². The molecular weight excluding hydrogens is 256 g/mol. The van der Waals surface area contributed by atoms with Crippen LogP contribution in [0.3, 0.4) is 0 Å². The van der Waals surface area contributed by atoms with E-state index in [2.05, 4.69) is 20.2 Å². The molecule has 0 fully saturated rings. The Kier molecular flexibility index (Phi) is 3.19. The van der Waals surface area contributed by atoms with Crippen LogP contribution in [0.1, 0.15) is 5.76 Å². The Balaban J connectivity index is 2.36. The number of pyridine rings is 1. The van der Waals surface area contributed by atoms with Crippen LogP contribution in [0, 0.1) is 6.92 Å². The van der Waals surface area contributed by atoms with Gasteiger partial charge in [-0.1, -0.05) is 5.16 Å². The van der Waals surface area contributed by atoms with E-state index in [-0.39, 0.29) is 16.5 Å². The van der Waals surface area contributed by atoms with E-state index < -0.39 is 10.0 Å². The first kappa shape index (κ1) is 12.4. The Bertz CT molecular complexity index is 651. The minimum Gasteiger partial charge on any atom is -0.372 e. The summed E-state index contributed by atoms with van der Waals surface area (Å²) in [5.74, 6) is 0.927. The lowest BCUT2D eigenvalue weighted by atomic mass is 10.5. The van der Waals surface area contributed by atoms with Crippen molar-refractivity contribution in [3.63, 3.8) is 0 Å². The fourth-order valence-corrected chi connectivity index (χ4v) is 2.55. The summed E-state index contributed by atoms with van der Waals surface area (Å²) in [6.45, 7) is 1.67. The van der Waals surface area contributed by atoms with Gasteiger partial charge in [0.05, 0.1) is 0 Å². The first-order valence-corrected chi connectivity index (χ1v) is 6.60. The van der Waals surface area contributed by atoms with Gasteiger partial charge in [0.2, 0.25) is 0 Å². The summed E-state index contributed by atoms with van der Waals surface area (Å²) in [4.78, 5) is 3.99. The van der Waals surface area contributed by atoms with Gasteiger partial charge in [-0.05, 0) is 19.1 Å². The van der Waals surface area contributed by atoms with E-state index in [1.54, 1.807) is 20.0 Å². The average Bonchev–Trinajstić information content (AvgIpc) is 2.74. The monoisotopic (exact) mass is 268 g/mol. The first-order chi connectivity index (χ1) is 8.53. The quantitative estimate of drug-likeness (QED) is 0.865. The van der Waals surface area contributed by atoms with Gasteiger partial charge >= 0.3 is 0 Å². The highest BCUT2D eigenvalue weighted by Crippen LogP contribution is 2.20. The van der Waals surface area contributed by atoms with Crippen LogP contribution in [-0.4, -0.2) is 25.6 Å². The smallest absolute Gasteiger partial charge is 0.266 e. The largest absolute Gasteiger partial charge is 0.372 e. The van der Waals surface area contributed by atoms with E-state index in [9.17, 15) is 8.42 Å². The molecule has 0 aromatic carbocycles. The molecule has 0 aliphatic heterocycles. The zero-order valence-corrected chi connectivity index (χ0v) is 10.7. The normalized spacial score (nSPS) is 11.2. The molecule has 0 atom stereocenters. The van der Waals surface area contributed by atoms with Crippen LogP contribution in [0.5, 0.6) is 0 Å². The van der Waals surface area contributed by atoms with E-state index in [4.69, 9.17) is 4.52 Å². The molecule has 18 heavy (non-hydrogen) atoms. The highest BCUT2D eigenvalue weighted by atomic mass is 32.2. The number of sulfonamides is 1. The fraction of sp³-hybridized carbons (Fsp3) is 0.200. The van der Waals surface area contributed by atoms with Gasteiger partial charge in [0, 0.05) is 19.3 Å². The third-order valence-electron chi connectivity index (χ3n) is 2.16. The lowest BCUT2D eigenvalue weighted by molar-refractivity contribution is 0.400. The van der Waals surface area contributed by atoms with Crippen molar-refractivity contribution in [3.05, 3.63) is 30.2 Å². The molecule has 0 spiro atoms. The molecule has 0 saturated carbocycles. The van der Waals surface area contributed by atoms with Crippen molar-refractivity contribution in [2.24, 2.45) is 0 Å². The van der Waals surface area contributed by atoms with Gasteiger partial charge in [-0.2, -0.15) is 0 Å². The predicted molar refractivity (Wildman–Crippen MR) is 65.8 cm³/mol. The second-order valence-corrected chi connectivity index (χ2v) is 5.18. The minimum absolute atomic E-state index is 0.0492. The molecule has 2 N–H and O–H groups in total. The van der Waals surface area contributed by atoms with Crippen molar-refractivity contribution >= 4 is 21.7 Å². The Morgan fingerprint density at radius 1 is 1.39 bits per heavy atom. The van der Waals surface area contributed by atoms with Gasteiger partial charge in [-0.25, -0.2) is 13.4 Å². The van der Waals surface area contributed by atoms with Crippen molar-refractivity contribution in [3.8, 4) is 0 Å². The summed E-state index contributed by atoms with van der Waals surface area (Å²) in [5.41, 5.74) is 0. The summed E-state index contributed by atoms with van der Waals surface area (Å²) < 4.78 is 31.3. The number of hydrogen-bond donors (Lipinski definition) is 2. The van der Waals surface area contributed by atoms with Gasteiger partial charge in [0.1, 0.15) is 16.5 Å². The molecule has 0 unspecified atom stereocenters. The zero-order valence-electron chi connectivity index (χ0n) is 9.84. The summed E-state index contributed by atoms with van der Waals surface area (Å²) >= 11 is 0. The standard InChI is InChI=1S/C10H12N4O3S/c1-7-6-9(13-17-7)14-18(15,16)8-4-3-5-12-10(8)11-2/h3-6H,1-2H3,(H,11,12)(H,13,14). The summed E-state index contributed by atoms with van der Waals surface area (Å²) in [7, 11) is -2.14. The van der Waals surface area contributed by atoms with Crippen molar-refractivity contribution in [2.75, 3.05) is 17.1 Å². The molecule has 2 aromatic rings. The third-order valence-corrected chi connectivity index (χ3v) is 3.55. The van der Waals surface area contributed by atoms with Crippen LogP contribution in [0.15, 0.2) is 33.8 Å². The van der Waals surface area contributed by atoms with Crippen molar-refractivity contribution in [1.82, 2.24) is 10.1 Å². The molecule has 0 radical (unpaired) electrons. The molecule has 7 nitrogen and oxygen atoms in total. The van der Waals surface area contributed by atoms with Crippen LogP contribution in [0.4, 0.5) is 11.6 Å². The number of hydrogen-bond acceptors (Lipinski definition) is 6. The third kappa shape index (κ3) is 2.43. The van der Waals surface area contributed by atoms with E-state index in [1.807, 2.05) is 0 Å². The van der Waals surface area contributed by atoms with Crippen LogP contribution in [0.25, 0.3) is 0 Å². The molecule has 8 heteroatoms. The summed E-state index contributed by atoms with van der Waals surface area (Å²) in [6.07, 6.45) is 1.51. The number of aromatic nitrogens is 2. The topological polar surface area (TPSA) is 97.1 Å². The number of nitrogens with zero attached hydrogens (tertiary/aromatic N) is 2. The summed E-state index contributed by atoms with van der Waals surface area (Å²) in [6, 6.07) is 4.49. The maximum absolute atomic E-state index is 12.1. The van der Waals surface area contributed by atoms with Crippen molar-refractivity contribution in [1.29, 1.82) is 0 Å². The van der Waals surface area contributed by atoms with Gasteiger partial charge in [-0.15, -0.1) is 0 Å². The van der Waals surface area contributed by atoms with E-state index >= 15 is 0 Å². The zero-order chi connectivity index (χ0) is 13.2. The van der Waals surface area contributed by atoms with E-state index in [0.29, 0.717) is 5.76 Å². The number of aryl methyl sites for hydroxylation is 1. The SMILES string of the molecule is CNc1ncccc1S(=O)(=O)Nc1cc(C)on1. The molecule has 0 aliphatic carbocycles. The Morgan fingerprint density at radius 2 is 2.17 bits per heavy atom. The molecule has 0 amide bonds. The van der Waals surface area contributed by atoms with Crippen LogP contribution in [-0.2, 0) is 10.0 Å².